The molecule has 0 radical (unpaired) electrons. The number of amides is 4. The van der Waals surface area contributed by atoms with Crippen molar-refractivity contribution in [3.8, 4) is 5.75 Å². The number of hydrogen-bond acceptors (Lipinski definition) is 5. The summed E-state index contributed by atoms with van der Waals surface area (Å²) in [6.45, 7) is 8.78. The Morgan fingerprint density at radius 2 is 1.53 bits per heavy atom. The minimum atomic E-state index is -0.992. The van der Waals surface area contributed by atoms with Crippen molar-refractivity contribution in [2.75, 3.05) is 19.7 Å². The summed E-state index contributed by atoms with van der Waals surface area (Å²) in [5.74, 6) is 0.0225. The molecule has 0 unspecified atom stereocenters. The minimum absolute atomic E-state index is 0.0665. The number of rotatable bonds is 16. The Kier molecular flexibility index (Phi) is 13.2. The van der Waals surface area contributed by atoms with Gasteiger partial charge in [0.05, 0.1) is 12.1 Å². The van der Waals surface area contributed by atoms with Gasteiger partial charge in [0.15, 0.2) is 6.61 Å². The summed E-state index contributed by atoms with van der Waals surface area (Å²) in [6.07, 6.45) is 1.57. The third-order valence-electron chi connectivity index (χ3n) is 8.96. The maximum absolute atomic E-state index is 14.0. The minimum Gasteiger partial charge on any atom is -0.483 e. The molecule has 5 atom stereocenters. The maximum atomic E-state index is 14.0. The molecular weight excluding hydrogens is 592 g/mol. The molecule has 252 valence electrons. The number of para-hydroxylation sites is 1. The van der Waals surface area contributed by atoms with Crippen LogP contribution >= 0.6 is 0 Å². The Labute approximate surface area is 279 Å². The van der Waals surface area contributed by atoms with Crippen molar-refractivity contribution in [2.24, 2.45) is 5.92 Å². The van der Waals surface area contributed by atoms with Crippen LogP contribution in [0.2, 0.25) is 0 Å². The number of benzene rings is 3. The van der Waals surface area contributed by atoms with Crippen molar-refractivity contribution in [2.45, 2.75) is 84.0 Å². The molecule has 9 heteroatoms. The number of nitrogens with zero attached hydrogens (tertiary/aromatic N) is 1. The van der Waals surface area contributed by atoms with E-state index in [1.165, 1.54) is 0 Å². The Hall–Kier alpha value is -4.37. The highest BCUT2D eigenvalue weighted by molar-refractivity contribution is 5.88. The van der Waals surface area contributed by atoms with Crippen LogP contribution in [0.5, 0.6) is 5.75 Å². The van der Waals surface area contributed by atoms with Crippen LogP contribution in [0.1, 0.15) is 55.4 Å². The van der Waals surface area contributed by atoms with Crippen molar-refractivity contribution >= 4 is 17.8 Å². The van der Waals surface area contributed by atoms with Crippen molar-refractivity contribution in [3.05, 3.63) is 101 Å². The lowest BCUT2D eigenvalue weighted by Crippen LogP contribution is -2.60. The molecule has 47 heavy (non-hydrogen) atoms. The van der Waals surface area contributed by atoms with Crippen LogP contribution in [-0.2, 0) is 22.4 Å². The molecule has 4 amide bonds. The van der Waals surface area contributed by atoms with Crippen molar-refractivity contribution in [3.63, 3.8) is 0 Å². The van der Waals surface area contributed by atoms with Gasteiger partial charge in [-0.1, -0.05) is 99.1 Å². The van der Waals surface area contributed by atoms with E-state index in [-0.39, 0.29) is 36.8 Å². The summed E-state index contributed by atoms with van der Waals surface area (Å²) in [4.78, 5) is 41.7. The Morgan fingerprint density at radius 3 is 2.13 bits per heavy atom. The van der Waals surface area contributed by atoms with Gasteiger partial charge in [-0.05, 0) is 67.7 Å². The summed E-state index contributed by atoms with van der Waals surface area (Å²) in [6, 6.07) is 23.4. The average Bonchev–Trinajstić information content (AvgIpc) is 3.06. The van der Waals surface area contributed by atoms with Crippen molar-refractivity contribution < 1.29 is 24.2 Å². The van der Waals surface area contributed by atoms with E-state index in [0.717, 1.165) is 35.1 Å². The van der Waals surface area contributed by atoms with Crippen LogP contribution in [0.4, 0.5) is 4.79 Å². The van der Waals surface area contributed by atoms with Gasteiger partial charge in [0.25, 0.3) is 5.91 Å². The van der Waals surface area contributed by atoms with E-state index in [0.29, 0.717) is 31.7 Å². The standard InChI is InChI=1S/C38H50N4O5/c1-5-26(2)35(42-21-13-20-39-38(42)46)37(45)40-31(22-29-16-8-6-9-17-29)24-33(43)32(23-30-18-10-7-11-19-30)41-34(44)25-47-36-27(3)14-12-15-28(36)4/h6-12,14-19,26,31-33,35,43H,5,13,20-25H2,1-4H3,(H,39,46)(H,40,45)(H,41,44)/t26-,31-,32-,33-,35+/m0/s1. The highest BCUT2D eigenvalue weighted by atomic mass is 16.5. The summed E-state index contributed by atoms with van der Waals surface area (Å²) in [5.41, 5.74) is 3.85. The largest absolute Gasteiger partial charge is 0.483 e. The molecular formula is C38H50N4O5. The van der Waals surface area contributed by atoms with E-state index in [1.807, 2.05) is 107 Å². The van der Waals surface area contributed by atoms with E-state index in [4.69, 9.17) is 4.74 Å². The fraction of sp³-hybridized carbons (Fsp3) is 0.447. The molecule has 0 bridgehead atoms. The van der Waals surface area contributed by atoms with Gasteiger partial charge < -0.3 is 30.7 Å². The van der Waals surface area contributed by atoms with Gasteiger partial charge in [0.2, 0.25) is 5.91 Å². The lowest BCUT2D eigenvalue weighted by molar-refractivity contribution is -0.128. The topological polar surface area (TPSA) is 120 Å². The number of aliphatic hydroxyl groups is 1. The van der Waals surface area contributed by atoms with Gasteiger partial charge >= 0.3 is 6.03 Å². The fourth-order valence-corrected chi connectivity index (χ4v) is 6.24. The Balaban J connectivity index is 1.54. The highest BCUT2D eigenvalue weighted by Crippen LogP contribution is 2.23. The quantitative estimate of drug-likeness (QED) is 0.180. The molecule has 0 aromatic heterocycles. The highest BCUT2D eigenvalue weighted by Gasteiger charge is 2.36. The first-order valence-electron chi connectivity index (χ1n) is 16.7. The zero-order chi connectivity index (χ0) is 33.8. The van der Waals surface area contributed by atoms with Crippen LogP contribution in [0.25, 0.3) is 0 Å². The van der Waals surface area contributed by atoms with E-state index < -0.39 is 24.2 Å². The van der Waals surface area contributed by atoms with Crippen LogP contribution in [0.3, 0.4) is 0 Å². The molecule has 4 rings (SSSR count). The number of aryl methyl sites for hydroxylation is 2. The number of carbonyl (C=O) groups is 3. The van der Waals surface area contributed by atoms with E-state index in [1.54, 1.807) is 4.90 Å². The molecule has 1 aliphatic rings. The molecule has 0 spiro atoms. The predicted molar refractivity (Wildman–Crippen MR) is 184 cm³/mol. The molecule has 1 heterocycles. The van der Waals surface area contributed by atoms with Gasteiger partial charge in [0, 0.05) is 19.1 Å². The summed E-state index contributed by atoms with van der Waals surface area (Å²) in [7, 11) is 0. The summed E-state index contributed by atoms with van der Waals surface area (Å²) >= 11 is 0. The second kappa shape index (κ2) is 17.5. The molecule has 0 aliphatic carbocycles. The van der Waals surface area contributed by atoms with Gasteiger partial charge in [-0.15, -0.1) is 0 Å². The Bertz CT molecular complexity index is 1430. The lowest BCUT2D eigenvalue weighted by atomic mass is 9.92. The predicted octanol–water partition coefficient (Wildman–Crippen LogP) is 4.72. The van der Waals surface area contributed by atoms with Gasteiger partial charge in [-0.3, -0.25) is 9.59 Å². The fourth-order valence-electron chi connectivity index (χ4n) is 6.24. The monoisotopic (exact) mass is 642 g/mol. The molecule has 1 saturated heterocycles. The smallest absolute Gasteiger partial charge is 0.318 e. The SMILES string of the molecule is CC[C@H](C)[C@H](C(=O)N[C@@H](Cc1ccccc1)C[C@H](O)[C@H](Cc1ccccc1)NC(=O)COc1c(C)cccc1C)N1CCCNC1=O. The van der Waals surface area contributed by atoms with Gasteiger partial charge in [0.1, 0.15) is 11.8 Å². The lowest BCUT2D eigenvalue weighted by Gasteiger charge is -2.38. The Morgan fingerprint density at radius 1 is 0.915 bits per heavy atom. The number of hydrogen-bond donors (Lipinski definition) is 4. The summed E-state index contributed by atoms with van der Waals surface area (Å²) < 4.78 is 5.91. The molecule has 0 saturated carbocycles. The number of nitrogens with one attached hydrogen (secondary N) is 3. The molecule has 3 aromatic carbocycles. The third-order valence-corrected chi connectivity index (χ3v) is 8.96. The second-order valence-electron chi connectivity index (χ2n) is 12.7. The van der Waals surface area contributed by atoms with Gasteiger partial charge in [-0.2, -0.15) is 0 Å². The zero-order valence-electron chi connectivity index (χ0n) is 28.1. The summed E-state index contributed by atoms with van der Waals surface area (Å²) in [5, 5.41) is 20.8. The van der Waals surface area contributed by atoms with Crippen LogP contribution in [0, 0.1) is 19.8 Å². The number of ether oxygens (including phenoxy) is 1. The van der Waals surface area contributed by atoms with Crippen LogP contribution in [0.15, 0.2) is 78.9 Å². The molecule has 3 aromatic rings. The van der Waals surface area contributed by atoms with E-state index in [9.17, 15) is 19.5 Å². The van der Waals surface area contributed by atoms with Gasteiger partial charge in [-0.25, -0.2) is 4.79 Å². The van der Waals surface area contributed by atoms with E-state index >= 15 is 0 Å². The first-order valence-corrected chi connectivity index (χ1v) is 16.7. The van der Waals surface area contributed by atoms with Crippen molar-refractivity contribution in [1.29, 1.82) is 0 Å². The maximum Gasteiger partial charge on any atom is 0.318 e. The van der Waals surface area contributed by atoms with E-state index in [2.05, 4.69) is 16.0 Å². The molecule has 4 N–H and O–H groups in total. The normalized spacial score (nSPS) is 16.3. The molecule has 1 fully saturated rings. The van der Waals surface area contributed by atoms with Crippen LogP contribution in [-0.4, -0.2) is 71.8 Å². The molecule has 1 aliphatic heterocycles. The number of carbonyl (C=O) groups excluding carboxylic acids is 3. The number of urea groups is 1. The zero-order valence-corrected chi connectivity index (χ0v) is 28.1. The first-order chi connectivity index (χ1) is 22.7. The van der Waals surface area contributed by atoms with Crippen LogP contribution < -0.4 is 20.7 Å². The first kappa shape index (κ1) is 35.5. The molecule has 9 nitrogen and oxygen atoms in total. The second-order valence-corrected chi connectivity index (χ2v) is 12.7. The van der Waals surface area contributed by atoms with Crippen molar-refractivity contribution in [1.82, 2.24) is 20.9 Å². The number of aliphatic hydroxyl groups excluding tert-OH is 1. The third kappa shape index (κ3) is 10.3. The average molecular weight is 643 g/mol.